The molecule has 0 saturated carbocycles. The average molecular weight is 434 g/mol. The van der Waals surface area contributed by atoms with Gasteiger partial charge in [-0.3, -0.25) is 4.79 Å². The molecule has 0 aliphatic carbocycles. The summed E-state index contributed by atoms with van der Waals surface area (Å²) in [4.78, 5) is 29.8. The van der Waals surface area contributed by atoms with Crippen LogP contribution in [0, 0.1) is 24.4 Å². The molecule has 4 rings (SSSR count). The first kappa shape index (κ1) is 21.4. The smallest absolute Gasteiger partial charge is 0.257 e. The normalized spacial score (nSPS) is 17.9. The molecule has 1 amide bonds. The van der Waals surface area contributed by atoms with E-state index < -0.39 is 28.9 Å². The molecule has 0 spiro atoms. The third kappa shape index (κ3) is 4.43. The van der Waals surface area contributed by atoms with Crippen LogP contribution < -0.4 is 9.80 Å². The first-order valence-corrected chi connectivity index (χ1v) is 10.3. The first-order valence-electron chi connectivity index (χ1n) is 10.3. The summed E-state index contributed by atoms with van der Waals surface area (Å²) < 4.78 is 40.7. The van der Waals surface area contributed by atoms with Crippen LogP contribution in [0.5, 0.6) is 0 Å². The van der Waals surface area contributed by atoms with E-state index in [1.54, 1.807) is 0 Å². The van der Waals surface area contributed by atoms with Crippen molar-refractivity contribution in [3.8, 4) is 0 Å². The minimum Gasteiger partial charge on any atom is -0.354 e. The Morgan fingerprint density at radius 1 is 0.871 bits per heavy atom. The summed E-state index contributed by atoms with van der Waals surface area (Å²) in [5, 5.41) is 0. The molecule has 31 heavy (non-hydrogen) atoms. The predicted octanol–water partition coefficient (Wildman–Crippen LogP) is 1.92. The molecular formula is C21H25F3N6O. The van der Waals surface area contributed by atoms with Crippen LogP contribution in [0.3, 0.4) is 0 Å². The topological polar surface area (TPSA) is 55.8 Å². The van der Waals surface area contributed by atoms with Crippen molar-refractivity contribution in [2.75, 3.05) is 69.2 Å². The molecule has 1 aromatic heterocycles. The number of aromatic nitrogens is 2. The maximum atomic E-state index is 14.0. The Morgan fingerprint density at radius 2 is 1.52 bits per heavy atom. The molecule has 2 fully saturated rings. The summed E-state index contributed by atoms with van der Waals surface area (Å²) >= 11 is 0. The van der Waals surface area contributed by atoms with Gasteiger partial charge in [0.05, 0.1) is 5.56 Å². The highest BCUT2D eigenvalue weighted by Gasteiger charge is 2.28. The van der Waals surface area contributed by atoms with E-state index in [4.69, 9.17) is 4.98 Å². The first-order chi connectivity index (χ1) is 14.8. The molecule has 2 aromatic rings. The maximum Gasteiger partial charge on any atom is 0.257 e. The van der Waals surface area contributed by atoms with Crippen LogP contribution in [0.25, 0.3) is 0 Å². The molecular weight excluding hydrogens is 409 g/mol. The van der Waals surface area contributed by atoms with Gasteiger partial charge in [0.1, 0.15) is 5.82 Å². The number of amides is 1. The van der Waals surface area contributed by atoms with E-state index in [-0.39, 0.29) is 0 Å². The fraction of sp³-hybridized carbons (Fsp3) is 0.476. The molecule has 2 saturated heterocycles. The lowest BCUT2D eigenvalue weighted by Crippen LogP contribution is -2.49. The van der Waals surface area contributed by atoms with E-state index in [1.165, 1.54) is 4.90 Å². The monoisotopic (exact) mass is 434 g/mol. The van der Waals surface area contributed by atoms with Crippen molar-refractivity contribution in [3.63, 3.8) is 0 Å². The lowest BCUT2D eigenvalue weighted by Gasteiger charge is -2.36. The van der Waals surface area contributed by atoms with Crippen molar-refractivity contribution >= 4 is 17.7 Å². The molecule has 0 atom stereocenters. The molecule has 0 radical (unpaired) electrons. The molecule has 2 aliphatic heterocycles. The van der Waals surface area contributed by atoms with Crippen molar-refractivity contribution in [2.45, 2.75) is 6.92 Å². The van der Waals surface area contributed by atoms with Gasteiger partial charge in [-0.1, -0.05) is 0 Å². The quantitative estimate of drug-likeness (QED) is 0.688. The third-order valence-corrected chi connectivity index (χ3v) is 5.77. The zero-order valence-electron chi connectivity index (χ0n) is 17.6. The zero-order chi connectivity index (χ0) is 22.1. The fourth-order valence-corrected chi connectivity index (χ4v) is 3.85. The second-order valence-corrected chi connectivity index (χ2v) is 7.96. The number of benzene rings is 1. The van der Waals surface area contributed by atoms with Crippen molar-refractivity contribution in [1.82, 2.24) is 19.8 Å². The second kappa shape index (κ2) is 8.70. The van der Waals surface area contributed by atoms with Crippen LogP contribution in [0.15, 0.2) is 18.2 Å². The van der Waals surface area contributed by atoms with Gasteiger partial charge in [-0.25, -0.2) is 18.2 Å². The molecule has 0 unspecified atom stereocenters. The molecule has 2 aliphatic rings. The fourth-order valence-electron chi connectivity index (χ4n) is 3.85. The minimum absolute atomic E-state index is 0.304. The van der Waals surface area contributed by atoms with Gasteiger partial charge >= 0.3 is 0 Å². The van der Waals surface area contributed by atoms with Gasteiger partial charge in [0.15, 0.2) is 17.5 Å². The van der Waals surface area contributed by atoms with Crippen molar-refractivity contribution in [3.05, 3.63) is 46.9 Å². The van der Waals surface area contributed by atoms with Gasteiger partial charge in [0, 0.05) is 64.1 Å². The van der Waals surface area contributed by atoms with Crippen molar-refractivity contribution < 1.29 is 18.0 Å². The maximum absolute atomic E-state index is 14.0. The number of carbonyl (C=O) groups excluding carboxylic acids is 1. The van der Waals surface area contributed by atoms with Crippen LogP contribution in [0.4, 0.5) is 24.9 Å². The Bertz CT molecular complexity index is 972. The number of aryl methyl sites for hydroxylation is 1. The van der Waals surface area contributed by atoms with Gasteiger partial charge in [-0.2, -0.15) is 4.98 Å². The Kier molecular flexibility index (Phi) is 5.99. The number of hydrogen-bond donors (Lipinski definition) is 0. The number of piperazine rings is 2. The average Bonchev–Trinajstić information content (AvgIpc) is 2.77. The van der Waals surface area contributed by atoms with Gasteiger partial charge in [-0.15, -0.1) is 0 Å². The number of rotatable bonds is 3. The van der Waals surface area contributed by atoms with E-state index in [1.807, 2.05) is 17.9 Å². The number of likely N-dealkylation sites (N-methyl/N-ethyl adjacent to an activating group) is 1. The molecule has 166 valence electrons. The SMILES string of the molecule is Cc1cc(N2CCN(C)CC2)nc(N2CCN(C(=O)c3ccc(F)c(F)c3F)CC2)n1. The van der Waals surface area contributed by atoms with Gasteiger partial charge in [0.25, 0.3) is 5.91 Å². The lowest BCUT2D eigenvalue weighted by molar-refractivity contribution is 0.0740. The predicted molar refractivity (Wildman–Crippen MR) is 111 cm³/mol. The Labute approximate surface area is 179 Å². The van der Waals surface area contributed by atoms with E-state index in [2.05, 4.69) is 21.8 Å². The van der Waals surface area contributed by atoms with Crippen LogP contribution >= 0.6 is 0 Å². The van der Waals surface area contributed by atoms with Crippen LogP contribution in [0.2, 0.25) is 0 Å². The number of nitrogens with zero attached hydrogens (tertiary/aromatic N) is 6. The number of hydrogen-bond acceptors (Lipinski definition) is 6. The van der Waals surface area contributed by atoms with E-state index in [0.29, 0.717) is 32.1 Å². The third-order valence-electron chi connectivity index (χ3n) is 5.77. The standard InChI is InChI=1S/C21H25F3N6O/c1-14-13-17(28-7-5-27(2)6-8-28)26-21(25-14)30-11-9-29(10-12-30)20(31)15-3-4-16(22)19(24)18(15)23/h3-4,13H,5-12H2,1-2H3. The minimum atomic E-state index is -1.63. The van der Waals surface area contributed by atoms with Crippen molar-refractivity contribution in [2.24, 2.45) is 0 Å². The molecule has 3 heterocycles. The Balaban J connectivity index is 1.44. The van der Waals surface area contributed by atoms with Crippen LogP contribution in [0.1, 0.15) is 16.1 Å². The van der Waals surface area contributed by atoms with E-state index >= 15 is 0 Å². The van der Waals surface area contributed by atoms with Crippen molar-refractivity contribution in [1.29, 1.82) is 0 Å². The van der Waals surface area contributed by atoms with Crippen LogP contribution in [-0.2, 0) is 0 Å². The summed E-state index contributed by atoms with van der Waals surface area (Å²) in [6.07, 6.45) is 0. The Morgan fingerprint density at radius 3 is 2.19 bits per heavy atom. The molecule has 0 N–H and O–H groups in total. The highest BCUT2D eigenvalue weighted by molar-refractivity contribution is 5.94. The summed E-state index contributed by atoms with van der Waals surface area (Å²) in [6, 6.07) is 3.72. The van der Waals surface area contributed by atoms with Gasteiger partial charge in [0.2, 0.25) is 5.95 Å². The number of anilines is 2. The van der Waals surface area contributed by atoms with Gasteiger partial charge in [-0.05, 0) is 26.1 Å². The van der Waals surface area contributed by atoms with E-state index in [9.17, 15) is 18.0 Å². The zero-order valence-corrected chi connectivity index (χ0v) is 17.6. The summed E-state index contributed by atoms with van der Waals surface area (Å²) in [6.45, 7) is 7.20. The summed E-state index contributed by atoms with van der Waals surface area (Å²) in [5.41, 5.74) is 0.401. The van der Waals surface area contributed by atoms with Gasteiger partial charge < -0.3 is 19.6 Å². The molecule has 0 bridgehead atoms. The lowest BCUT2D eigenvalue weighted by atomic mass is 10.1. The summed E-state index contributed by atoms with van der Waals surface area (Å²) in [5.74, 6) is -3.57. The van der Waals surface area contributed by atoms with Crippen LogP contribution in [-0.4, -0.2) is 85.1 Å². The second-order valence-electron chi connectivity index (χ2n) is 7.96. The largest absolute Gasteiger partial charge is 0.354 e. The summed E-state index contributed by atoms with van der Waals surface area (Å²) in [7, 11) is 2.10. The number of halogens is 3. The highest BCUT2D eigenvalue weighted by Crippen LogP contribution is 2.22. The molecule has 1 aromatic carbocycles. The van der Waals surface area contributed by atoms with E-state index in [0.717, 1.165) is 49.8 Å². The Hall–Kier alpha value is -2.88. The molecule has 7 nitrogen and oxygen atoms in total. The highest BCUT2D eigenvalue weighted by atomic mass is 19.2. The number of carbonyl (C=O) groups is 1. The molecule has 10 heteroatoms.